The lowest BCUT2D eigenvalue weighted by Crippen LogP contribution is -2.10. The van der Waals surface area contributed by atoms with Gasteiger partial charge in [-0.3, -0.25) is 4.57 Å². The molecule has 0 atom stereocenters. The number of methoxy groups -OCH3 is 1. The lowest BCUT2D eigenvalue weighted by Gasteiger charge is -2.09. The first-order chi connectivity index (χ1) is 12.6. The third-order valence-corrected chi connectivity index (χ3v) is 3.92. The largest absolute Gasteiger partial charge is 0.497 e. The van der Waals surface area contributed by atoms with Gasteiger partial charge in [0.1, 0.15) is 11.6 Å². The Kier molecular flexibility index (Phi) is 3.85. The molecule has 2 heterocycles. The first-order valence-corrected chi connectivity index (χ1v) is 8.01. The van der Waals surface area contributed by atoms with E-state index in [0.29, 0.717) is 11.9 Å². The number of benzene rings is 2. The summed E-state index contributed by atoms with van der Waals surface area (Å²) >= 11 is 0. The maximum Gasteiger partial charge on any atom is 0.242 e. The van der Waals surface area contributed by atoms with E-state index in [1.807, 2.05) is 60.0 Å². The predicted molar refractivity (Wildman–Crippen MR) is 99.9 cm³/mol. The first-order valence-electron chi connectivity index (χ1n) is 8.01. The second-order valence-corrected chi connectivity index (χ2v) is 5.65. The standard InChI is InChI=1S/C18H17N7O/c1-11-20-14-5-3-4-6-15(14)25(11)18-23-16(19)22-17(24-18)21-12-7-9-13(26-2)10-8-12/h3-10H,1-2H3,(H3,19,21,22,23,24). The molecule has 0 amide bonds. The highest BCUT2D eigenvalue weighted by molar-refractivity contribution is 5.77. The smallest absolute Gasteiger partial charge is 0.242 e. The molecule has 0 saturated heterocycles. The number of aromatic nitrogens is 5. The molecular weight excluding hydrogens is 330 g/mol. The Hall–Kier alpha value is -3.68. The van der Waals surface area contributed by atoms with Crippen molar-refractivity contribution in [3.05, 3.63) is 54.4 Å². The summed E-state index contributed by atoms with van der Waals surface area (Å²) in [5, 5.41) is 3.13. The van der Waals surface area contributed by atoms with Crippen molar-refractivity contribution in [2.24, 2.45) is 0 Å². The van der Waals surface area contributed by atoms with Crippen molar-refractivity contribution in [2.75, 3.05) is 18.2 Å². The van der Waals surface area contributed by atoms with Gasteiger partial charge in [0.15, 0.2) is 0 Å². The zero-order valence-corrected chi connectivity index (χ0v) is 14.3. The molecule has 0 unspecified atom stereocenters. The molecule has 0 aliphatic rings. The summed E-state index contributed by atoms with van der Waals surface area (Å²) in [6.45, 7) is 1.90. The number of nitrogens with zero attached hydrogens (tertiary/aromatic N) is 5. The quantitative estimate of drug-likeness (QED) is 0.585. The van der Waals surface area contributed by atoms with Gasteiger partial charge in [0, 0.05) is 5.69 Å². The zero-order valence-electron chi connectivity index (χ0n) is 14.3. The molecule has 130 valence electrons. The Morgan fingerprint density at radius 3 is 2.50 bits per heavy atom. The lowest BCUT2D eigenvalue weighted by molar-refractivity contribution is 0.415. The molecule has 0 fully saturated rings. The maximum atomic E-state index is 5.90. The Balaban J connectivity index is 1.75. The van der Waals surface area contributed by atoms with E-state index in [4.69, 9.17) is 10.5 Å². The van der Waals surface area contributed by atoms with Crippen LogP contribution < -0.4 is 15.8 Å². The van der Waals surface area contributed by atoms with Gasteiger partial charge >= 0.3 is 0 Å². The van der Waals surface area contributed by atoms with Crippen LogP contribution in [-0.4, -0.2) is 31.6 Å². The average Bonchev–Trinajstić information content (AvgIpc) is 2.97. The summed E-state index contributed by atoms with van der Waals surface area (Å²) in [6.07, 6.45) is 0. The predicted octanol–water partition coefficient (Wildman–Crippen LogP) is 2.85. The highest BCUT2D eigenvalue weighted by Crippen LogP contribution is 2.22. The van der Waals surface area contributed by atoms with E-state index in [1.165, 1.54) is 0 Å². The highest BCUT2D eigenvalue weighted by Gasteiger charge is 2.13. The van der Waals surface area contributed by atoms with E-state index in [2.05, 4.69) is 25.3 Å². The fourth-order valence-corrected chi connectivity index (χ4v) is 2.74. The van der Waals surface area contributed by atoms with Gasteiger partial charge in [-0.1, -0.05) is 12.1 Å². The van der Waals surface area contributed by atoms with Crippen LogP contribution in [0.1, 0.15) is 5.82 Å². The van der Waals surface area contributed by atoms with Gasteiger partial charge in [-0.05, 0) is 43.3 Å². The van der Waals surface area contributed by atoms with Gasteiger partial charge < -0.3 is 15.8 Å². The van der Waals surface area contributed by atoms with Crippen LogP contribution in [-0.2, 0) is 0 Å². The normalized spacial score (nSPS) is 10.8. The average molecular weight is 347 g/mol. The molecule has 0 bridgehead atoms. The number of fused-ring (bicyclic) bond motifs is 1. The summed E-state index contributed by atoms with van der Waals surface area (Å²) in [7, 11) is 1.62. The van der Waals surface area contributed by atoms with Crippen LogP contribution >= 0.6 is 0 Å². The number of anilines is 3. The molecule has 0 spiro atoms. The van der Waals surface area contributed by atoms with Crippen LogP contribution in [0.2, 0.25) is 0 Å². The molecule has 0 aliphatic heterocycles. The molecule has 2 aromatic heterocycles. The van der Waals surface area contributed by atoms with Crippen molar-refractivity contribution in [3.8, 4) is 11.7 Å². The summed E-state index contributed by atoms with van der Waals surface area (Å²) in [5.74, 6) is 2.44. The van der Waals surface area contributed by atoms with Gasteiger partial charge in [-0.25, -0.2) is 4.98 Å². The maximum absolute atomic E-state index is 5.90. The van der Waals surface area contributed by atoms with E-state index in [-0.39, 0.29) is 5.95 Å². The first kappa shape index (κ1) is 15.8. The van der Waals surface area contributed by atoms with E-state index in [1.54, 1.807) is 7.11 Å². The Labute approximate surface area is 149 Å². The van der Waals surface area contributed by atoms with Crippen molar-refractivity contribution in [3.63, 3.8) is 0 Å². The van der Waals surface area contributed by atoms with Crippen molar-refractivity contribution in [1.82, 2.24) is 24.5 Å². The van der Waals surface area contributed by atoms with Crippen molar-refractivity contribution in [1.29, 1.82) is 0 Å². The van der Waals surface area contributed by atoms with Crippen LogP contribution in [0.3, 0.4) is 0 Å². The molecule has 4 aromatic rings. The summed E-state index contributed by atoms with van der Waals surface area (Å²) in [6, 6.07) is 15.2. The minimum absolute atomic E-state index is 0.128. The highest BCUT2D eigenvalue weighted by atomic mass is 16.5. The third-order valence-electron chi connectivity index (χ3n) is 3.92. The molecule has 0 aliphatic carbocycles. The number of hydrogen-bond acceptors (Lipinski definition) is 7. The molecule has 4 rings (SSSR count). The summed E-state index contributed by atoms with van der Waals surface area (Å²) in [4.78, 5) is 17.5. The topological polar surface area (TPSA) is 104 Å². The summed E-state index contributed by atoms with van der Waals surface area (Å²) < 4.78 is 7.02. The monoisotopic (exact) mass is 347 g/mol. The Morgan fingerprint density at radius 2 is 1.73 bits per heavy atom. The fourth-order valence-electron chi connectivity index (χ4n) is 2.74. The van der Waals surface area contributed by atoms with Crippen LogP contribution in [0.25, 0.3) is 17.0 Å². The zero-order chi connectivity index (χ0) is 18.1. The summed E-state index contributed by atoms with van der Waals surface area (Å²) in [5.41, 5.74) is 8.49. The minimum atomic E-state index is 0.128. The number of nitrogen functional groups attached to an aromatic ring is 1. The molecule has 2 aromatic carbocycles. The van der Waals surface area contributed by atoms with Crippen LogP contribution in [0.15, 0.2) is 48.5 Å². The molecule has 26 heavy (non-hydrogen) atoms. The number of para-hydroxylation sites is 2. The van der Waals surface area contributed by atoms with Gasteiger partial charge in [0.05, 0.1) is 18.1 Å². The number of hydrogen-bond donors (Lipinski definition) is 2. The van der Waals surface area contributed by atoms with Gasteiger partial charge in [0.25, 0.3) is 0 Å². The molecular formula is C18H17N7O. The minimum Gasteiger partial charge on any atom is -0.497 e. The van der Waals surface area contributed by atoms with Crippen LogP contribution in [0.4, 0.5) is 17.6 Å². The van der Waals surface area contributed by atoms with Gasteiger partial charge in [0.2, 0.25) is 17.8 Å². The number of aryl methyl sites for hydroxylation is 1. The fraction of sp³-hybridized carbons (Fsp3) is 0.111. The number of ether oxygens (including phenoxy) is 1. The molecule has 8 heteroatoms. The van der Waals surface area contributed by atoms with Gasteiger partial charge in [-0.2, -0.15) is 15.0 Å². The number of nitrogens with one attached hydrogen (secondary N) is 1. The van der Waals surface area contributed by atoms with E-state index >= 15 is 0 Å². The van der Waals surface area contributed by atoms with Gasteiger partial charge in [-0.15, -0.1) is 0 Å². The molecule has 8 nitrogen and oxygen atoms in total. The lowest BCUT2D eigenvalue weighted by atomic mass is 10.3. The van der Waals surface area contributed by atoms with Crippen LogP contribution in [0, 0.1) is 6.92 Å². The van der Waals surface area contributed by atoms with Crippen LogP contribution in [0.5, 0.6) is 5.75 Å². The Morgan fingerprint density at radius 1 is 0.962 bits per heavy atom. The van der Waals surface area contributed by atoms with E-state index in [9.17, 15) is 0 Å². The second kappa shape index (κ2) is 6.32. The second-order valence-electron chi connectivity index (χ2n) is 5.65. The van der Waals surface area contributed by atoms with E-state index in [0.717, 1.165) is 28.3 Å². The Bertz CT molecular complexity index is 1070. The molecule has 0 radical (unpaired) electrons. The molecule has 3 N–H and O–H groups in total. The van der Waals surface area contributed by atoms with Crippen molar-refractivity contribution < 1.29 is 4.74 Å². The van der Waals surface area contributed by atoms with E-state index < -0.39 is 0 Å². The number of nitrogens with two attached hydrogens (primary N) is 1. The number of imidazole rings is 1. The number of rotatable bonds is 4. The third kappa shape index (κ3) is 2.88. The van der Waals surface area contributed by atoms with Crippen molar-refractivity contribution in [2.45, 2.75) is 6.92 Å². The molecule has 0 saturated carbocycles. The van der Waals surface area contributed by atoms with Crippen molar-refractivity contribution >= 4 is 28.6 Å². The SMILES string of the molecule is COc1ccc(Nc2nc(N)nc(-n3c(C)nc4ccccc43)n2)cc1.